The third-order valence-corrected chi connectivity index (χ3v) is 4.74. The summed E-state index contributed by atoms with van der Waals surface area (Å²) in [5.74, 6) is -0.612. The average Bonchev–Trinajstić information content (AvgIpc) is 3.18. The van der Waals surface area contributed by atoms with E-state index in [1.54, 1.807) is 28.8 Å². The zero-order chi connectivity index (χ0) is 19.5. The summed E-state index contributed by atoms with van der Waals surface area (Å²) in [6, 6.07) is 16.2. The number of carbonyl (C=O) groups excluding carboxylic acids is 1. The second-order valence-electron chi connectivity index (χ2n) is 5.77. The topological polar surface area (TPSA) is 91.9 Å². The van der Waals surface area contributed by atoms with E-state index in [0.717, 1.165) is 10.4 Å². The van der Waals surface area contributed by atoms with Crippen LogP contribution in [0.3, 0.4) is 0 Å². The number of hydrogen-bond donors (Lipinski definition) is 0. The van der Waals surface area contributed by atoms with E-state index in [4.69, 9.17) is 4.74 Å². The van der Waals surface area contributed by atoms with Crippen LogP contribution in [0.2, 0.25) is 0 Å². The first-order valence-corrected chi connectivity index (χ1v) is 9.58. The second kappa shape index (κ2) is 7.65. The molecule has 0 spiro atoms. The first-order valence-electron chi connectivity index (χ1n) is 8.36. The molecule has 0 N–H and O–H groups in total. The van der Waals surface area contributed by atoms with Gasteiger partial charge in [-0.15, -0.1) is 5.10 Å². The van der Waals surface area contributed by atoms with Gasteiger partial charge >= 0.3 is 5.97 Å². The van der Waals surface area contributed by atoms with Gasteiger partial charge in [0.1, 0.15) is 5.52 Å². The molecule has 0 saturated carbocycles. The van der Waals surface area contributed by atoms with Gasteiger partial charge in [-0.25, -0.2) is 9.78 Å². The molecular formula is C19H15N5O3S. The number of rotatable bonds is 5. The highest BCUT2D eigenvalue weighted by Crippen LogP contribution is 2.22. The largest absolute Gasteiger partial charge is 0.437 e. The second-order valence-corrected chi connectivity index (χ2v) is 6.55. The van der Waals surface area contributed by atoms with E-state index < -0.39 is 5.97 Å². The van der Waals surface area contributed by atoms with E-state index in [9.17, 15) is 9.59 Å². The monoisotopic (exact) mass is 393 g/mol. The van der Waals surface area contributed by atoms with Crippen molar-refractivity contribution in [3.63, 3.8) is 0 Å². The maximum Gasteiger partial charge on any atom is 0.358 e. The summed E-state index contributed by atoms with van der Waals surface area (Å²) in [5.41, 5.74) is 1.16. The summed E-state index contributed by atoms with van der Waals surface area (Å²) >= 11 is 1.41. The molecule has 8 nitrogen and oxygen atoms in total. The van der Waals surface area contributed by atoms with Gasteiger partial charge in [0.05, 0.1) is 11.6 Å². The zero-order valence-electron chi connectivity index (χ0n) is 14.8. The third-order valence-electron chi connectivity index (χ3n) is 4.08. The number of hydrogen-bond acceptors (Lipinski definition) is 7. The first kappa shape index (κ1) is 17.9. The van der Waals surface area contributed by atoms with E-state index in [-0.39, 0.29) is 18.0 Å². The van der Waals surface area contributed by atoms with Gasteiger partial charge in [0.2, 0.25) is 0 Å². The summed E-state index contributed by atoms with van der Waals surface area (Å²) < 4.78 is 8.04. The van der Waals surface area contributed by atoms with E-state index in [2.05, 4.69) is 15.3 Å². The molecule has 0 atom stereocenters. The van der Waals surface area contributed by atoms with Gasteiger partial charge in [-0.1, -0.05) is 47.3 Å². The lowest BCUT2D eigenvalue weighted by Crippen LogP contribution is -2.27. The highest BCUT2D eigenvalue weighted by molar-refractivity contribution is 7.98. The van der Waals surface area contributed by atoms with Crippen LogP contribution >= 0.6 is 11.8 Å². The Kier molecular flexibility index (Phi) is 4.90. The first-order chi connectivity index (χ1) is 13.7. The molecule has 0 fully saturated rings. The summed E-state index contributed by atoms with van der Waals surface area (Å²) in [7, 11) is 0. The van der Waals surface area contributed by atoms with E-state index >= 15 is 0 Å². The molecule has 0 saturated heterocycles. The predicted molar refractivity (Wildman–Crippen MR) is 105 cm³/mol. The minimum atomic E-state index is -0.612. The maximum absolute atomic E-state index is 12.7. The fraction of sp³-hybridized carbons (Fsp3) is 0.105. The van der Waals surface area contributed by atoms with Crippen LogP contribution < -0.4 is 5.56 Å². The highest BCUT2D eigenvalue weighted by atomic mass is 32.2. The Hall–Kier alpha value is -3.46. The normalized spacial score (nSPS) is 10.9. The summed E-state index contributed by atoms with van der Waals surface area (Å²) in [6.07, 6.45) is 3.33. The number of benzene rings is 2. The molecule has 0 radical (unpaired) electrons. The number of imidazole rings is 1. The van der Waals surface area contributed by atoms with Gasteiger partial charge in [0.15, 0.2) is 17.6 Å². The smallest absolute Gasteiger partial charge is 0.358 e. The maximum atomic E-state index is 12.7. The lowest BCUT2D eigenvalue weighted by Gasteiger charge is -2.11. The number of esters is 1. The fourth-order valence-electron chi connectivity index (χ4n) is 2.75. The molecule has 4 rings (SSSR count). The molecule has 0 aliphatic rings. The van der Waals surface area contributed by atoms with Crippen LogP contribution in [0.25, 0.3) is 16.6 Å². The SMILES string of the molecule is CSc1ncc(C(=O)OCn2nnc3ccccc3c2=O)n1-c1ccccc1. The molecule has 140 valence electrons. The Labute approximate surface area is 163 Å². The van der Waals surface area contributed by atoms with Crippen LogP contribution in [0.5, 0.6) is 0 Å². The van der Waals surface area contributed by atoms with Crippen molar-refractivity contribution in [1.29, 1.82) is 0 Å². The Morgan fingerprint density at radius 3 is 2.64 bits per heavy atom. The van der Waals surface area contributed by atoms with Gasteiger partial charge in [-0.2, -0.15) is 4.68 Å². The average molecular weight is 393 g/mol. The fourth-order valence-corrected chi connectivity index (χ4v) is 3.30. The van der Waals surface area contributed by atoms with Crippen LogP contribution in [-0.4, -0.2) is 36.8 Å². The van der Waals surface area contributed by atoms with Crippen molar-refractivity contribution in [2.45, 2.75) is 11.9 Å². The van der Waals surface area contributed by atoms with Crippen molar-refractivity contribution in [3.05, 3.63) is 76.8 Å². The number of aromatic nitrogens is 5. The Morgan fingerprint density at radius 1 is 1.11 bits per heavy atom. The number of thioether (sulfide) groups is 1. The van der Waals surface area contributed by atoms with Crippen molar-refractivity contribution < 1.29 is 9.53 Å². The van der Waals surface area contributed by atoms with Gasteiger partial charge in [-0.3, -0.25) is 9.36 Å². The molecule has 2 aromatic heterocycles. The van der Waals surface area contributed by atoms with Gasteiger partial charge in [0, 0.05) is 5.69 Å². The van der Waals surface area contributed by atoms with Gasteiger partial charge in [0.25, 0.3) is 5.56 Å². The Balaban J connectivity index is 1.61. The molecule has 0 aliphatic heterocycles. The Morgan fingerprint density at radius 2 is 1.86 bits per heavy atom. The molecule has 2 heterocycles. The molecule has 0 aliphatic carbocycles. The number of para-hydroxylation sites is 1. The van der Waals surface area contributed by atoms with Crippen LogP contribution in [0, 0.1) is 0 Å². The van der Waals surface area contributed by atoms with E-state index in [1.807, 2.05) is 36.6 Å². The lowest BCUT2D eigenvalue weighted by atomic mass is 10.2. The molecule has 2 aromatic carbocycles. The van der Waals surface area contributed by atoms with Crippen LogP contribution in [0.4, 0.5) is 0 Å². The number of nitrogens with zero attached hydrogens (tertiary/aromatic N) is 5. The third kappa shape index (κ3) is 3.27. The predicted octanol–water partition coefficient (Wildman–Crippen LogP) is 2.51. The molecule has 4 aromatic rings. The number of fused-ring (bicyclic) bond motifs is 1. The van der Waals surface area contributed by atoms with Crippen LogP contribution in [0.1, 0.15) is 10.5 Å². The summed E-state index contributed by atoms with van der Waals surface area (Å²) in [4.78, 5) is 29.4. The molecular weight excluding hydrogens is 378 g/mol. The molecule has 9 heteroatoms. The van der Waals surface area contributed by atoms with Crippen molar-refractivity contribution in [2.24, 2.45) is 0 Å². The minimum Gasteiger partial charge on any atom is -0.437 e. The van der Waals surface area contributed by atoms with Crippen LogP contribution in [0.15, 0.2) is 70.7 Å². The highest BCUT2D eigenvalue weighted by Gasteiger charge is 2.19. The lowest BCUT2D eigenvalue weighted by molar-refractivity contribution is 0.0326. The van der Waals surface area contributed by atoms with Gasteiger partial charge < -0.3 is 4.74 Å². The van der Waals surface area contributed by atoms with Crippen molar-refractivity contribution in [2.75, 3.05) is 6.26 Å². The quantitative estimate of drug-likeness (QED) is 0.380. The number of carbonyl (C=O) groups is 1. The molecule has 0 bridgehead atoms. The van der Waals surface area contributed by atoms with Gasteiger partial charge in [-0.05, 0) is 30.5 Å². The standard InChI is InChI=1S/C19H15N5O3S/c1-28-19-20-11-16(24(19)13-7-3-2-4-8-13)18(26)27-12-23-17(25)14-9-5-6-10-15(14)21-22-23/h2-11H,12H2,1H3. The van der Waals surface area contributed by atoms with Crippen molar-refractivity contribution in [1.82, 2.24) is 24.5 Å². The molecule has 0 unspecified atom stereocenters. The Bertz CT molecular complexity index is 1200. The summed E-state index contributed by atoms with van der Waals surface area (Å²) in [6.45, 7) is -0.343. The van der Waals surface area contributed by atoms with E-state index in [1.165, 1.54) is 18.0 Å². The molecule has 28 heavy (non-hydrogen) atoms. The molecule has 0 amide bonds. The number of ether oxygens (including phenoxy) is 1. The van der Waals surface area contributed by atoms with Crippen molar-refractivity contribution in [3.8, 4) is 5.69 Å². The zero-order valence-corrected chi connectivity index (χ0v) is 15.7. The van der Waals surface area contributed by atoms with Crippen LogP contribution in [-0.2, 0) is 11.5 Å². The van der Waals surface area contributed by atoms with E-state index in [0.29, 0.717) is 16.1 Å². The minimum absolute atomic E-state index is 0.261. The summed E-state index contributed by atoms with van der Waals surface area (Å²) in [5, 5.41) is 8.86. The van der Waals surface area contributed by atoms with Crippen molar-refractivity contribution >= 4 is 28.6 Å².